The van der Waals surface area contributed by atoms with E-state index in [1.165, 1.54) is 10.8 Å². The second-order valence-electron chi connectivity index (χ2n) is 10.1. The van der Waals surface area contributed by atoms with Gasteiger partial charge in [0, 0.05) is 36.6 Å². The normalized spacial score (nSPS) is 18.2. The van der Waals surface area contributed by atoms with Gasteiger partial charge in [0.2, 0.25) is 5.91 Å². The van der Waals surface area contributed by atoms with Crippen LogP contribution in [0.25, 0.3) is 0 Å². The van der Waals surface area contributed by atoms with Crippen LogP contribution in [-0.4, -0.2) is 69.1 Å². The lowest BCUT2D eigenvalue weighted by molar-refractivity contribution is -0.148. The zero-order valence-corrected chi connectivity index (χ0v) is 22.9. The summed E-state index contributed by atoms with van der Waals surface area (Å²) in [5.74, 6) is -2.82. The summed E-state index contributed by atoms with van der Waals surface area (Å²) in [7, 11) is 0. The maximum absolute atomic E-state index is 12.9. The third-order valence-corrected chi connectivity index (χ3v) is 6.00. The van der Waals surface area contributed by atoms with Crippen molar-refractivity contribution in [1.29, 1.82) is 0 Å². The SMILES string of the molecule is Cc1cn([C@H]2C=C[C@@H](COC(=O)CCC(NC(=O)C(CCC(=O)O)NC(C)C)C(=O)C(C)C)O2)c(=O)[nH]c1=O. The van der Waals surface area contributed by atoms with Crippen LogP contribution in [0.3, 0.4) is 0 Å². The molecule has 0 bridgehead atoms. The van der Waals surface area contributed by atoms with Gasteiger partial charge in [-0.05, 0) is 25.8 Å². The molecular weight excluding hydrogens is 512 g/mol. The number of aryl methyl sites for hydroxylation is 1. The number of nitrogens with zero attached hydrogens (tertiary/aromatic N) is 1. The van der Waals surface area contributed by atoms with E-state index < -0.39 is 59.4 Å². The average molecular weight is 551 g/mol. The molecule has 4 N–H and O–H groups in total. The van der Waals surface area contributed by atoms with E-state index in [1.54, 1.807) is 32.9 Å². The molecule has 2 rings (SSSR count). The van der Waals surface area contributed by atoms with Crippen molar-refractivity contribution >= 4 is 23.6 Å². The predicted molar refractivity (Wildman–Crippen MR) is 140 cm³/mol. The Labute approximate surface area is 226 Å². The van der Waals surface area contributed by atoms with Crippen molar-refractivity contribution in [2.45, 2.75) is 90.8 Å². The molecule has 1 aromatic heterocycles. The number of esters is 1. The van der Waals surface area contributed by atoms with Crippen molar-refractivity contribution < 1.29 is 33.8 Å². The van der Waals surface area contributed by atoms with Crippen LogP contribution in [-0.2, 0) is 28.7 Å². The van der Waals surface area contributed by atoms with Crippen LogP contribution in [0.15, 0.2) is 27.9 Å². The number of H-pyrrole nitrogens is 1. The van der Waals surface area contributed by atoms with E-state index >= 15 is 0 Å². The lowest BCUT2D eigenvalue weighted by atomic mass is 9.97. The Morgan fingerprint density at radius 1 is 1.08 bits per heavy atom. The Balaban J connectivity index is 1.92. The Hall–Kier alpha value is -3.58. The van der Waals surface area contributed by atoms with Gasteiger partial charge in [-0.25, -0.2) is 4.79 Å². The molecule has 0 aromatic carbocycles. The lowest BCUT2D eigenvalue weighted by Gasteiger charge is -2.25. The summed E-state index contributed by atoms with van der Waals surface area (Å²) in [6, 6.07) is -1.86. The number of aliphatic carboxylic acids is 1. The third kappa shape index (κ3) is 9.91. The molecule has 2 heterocycles. The van der Waals surface area contributed by atoms with E-state index in [2.05, 4.69) is 15.6 Å². The number of hydrogen-bond acceptors (Lipinski definition) is 9. The Bertz CT molecular complexity index is 1180. The molecule has 39 heavy (non-hydrogen) atoms. The highest BCUT2D eigenvalue weighted by Gasteiger charge is 2.29. The summed E-state index contributed by atoms with van der Waals surface area (Å²) in [5.41, 5.74) is -0.775. The number of amides is 1. The van der Waals surface area contributed by atoms with E-state index in [1.807, 2.05) is 13.8 Å². The smallest absolute Gasteiger partial charge is 0.330 e. The van der Waals surface area contributed by atoms with Crippen LogP contribution in [0.2, 0.25) is 0 Å². The number of nitrogens with one attached hydrogen (secondary N) is 3. The fraction of sp³-hybridized carbons (Fsp3) is 0.615. The number of rotatable bonds is 15. The molecule has 13 heteroatoms. The number of carboxylic acid groups (broad SMARTS) is 1. The highest BCUT2D eigenvalue weighted by Crippen LogP contribution is 2.20. The van der Waals surface area contributed by atoms with Gasteiger partial charge in [0.25, 0.3) is 5.56 Å². The number of ketones is 1. The molecule has 13 nitrogen and oxygen atoms in total. The molecular formula is C26H38N4O9. The first-order valence-electron chi connectivity index (χ1n) is 12.9. The first kappa shape index (κ1) is 31.6. The summed E-state index contributed by atoms with van der Waals surface area (Å²) in [6.45, 7) is 8.43. The number of aromatic nitrogens is 2. The lowest BCUT2D eigenvalue weighted by Crippen LogP contribution is -2.52. The maximum atomic E-state index is 12.9. The molecule has 1 aromatic rings. The third-order valence-electron chi connectivity index (χ3n) is 6.00. The van der Waals surface area contributed by atoms with Gasteiger partial charge in [-0.3, -0.25) is 33.5 Å². The Morgan fingerprint density at radius 2 is 1.74 bits per heavy atom. The van der Waals surface area contributed by atoms with Gasteiger partial charge in [-0.15, -0.1) is 0 Å². The summed E-state index contributed by atoms with van der Waals surface area (Å²) in [6.07, 6.45) is 2.91. The van der Waals surface area contributed by atoms with Gasteiger partial charge < -0.3 is 25.2 Å². The van der Waals surface area contributed by atoms with Crippen LogP contribution in [0.5, 0.6) is 0 Å². The first-order chi connectivity index (χ1) is 18.3. The van der Waals surface area contributed by atoms with Crippen LogP contribution >= 0.6 is 0 Å². The van der Waals surface area contributed by atoms with Crippen molar-refractivity contribution in [2.75, 3.05) is 6.61 Å². The Kier molecular flexibility index (Phi) is 11.8. The monoisotopic (exact) mass is 550 g/mol. The molecule has 0 radical (unpaired) electrons. The molecule has 0 saturated heterocycles. The van der Waals surface area contributed by atoms with Crippen molar-refractivity contribution in [2.24, 2.45) is 5.92 Å². The molecule has 216 valence electrons. The van der Waals surface area contributed by atoms with Crippen LogP contribution in [0, 0.1) is 12.8 Å². The molecule has 2 unspecified atom stereocenters. The molecule has 0 saturated carbocycles. The van der Waals surface area contributed by atoms with Gasteiger partial charge in [-0.1, -0.05) is 33.8 Å². The number of carbonyl (C=O) groups is 4. The van der Waals surface area contributed by atoms with Crippen LogP contribution in [0.4, 0.5) is 0 Å². The second kappa shape index (κ2) is 14.5. The fourth-order valence-electron chi connectivity index (χ4n) is 3.95. The quantitative estimate of drug-likeness (QED) is 0.178. The minimum Gasteiger partial charge on any atom is -0.481 e. The molecule has 0 aliphatic carbocycles. The number of carbonyl (C=O) groups excluding carboxylic acids is 3. The van der Waals surface area contributed by atoms with E-state index in [0.717, 1.165) is 0 Å². The fourth-order valence-corrected chi connectivity index (χ4v) is 3.95. The summed E-state index contributed by atoms with van der Waals surface area (Å²) < 4.78 is 12.2. The number of carboxylic acids is 1. The summed E-state index contributed by atoms with van der Waals surface area (Å²) >= 11 is 0. The van der Waals surface area contributed by atoms with Gasteiger partial charge >= 0.3 is 17.6 Å². The van der Waals surface area contributed by atoms with E-state index in [9.17, 15) is 28.8 Å². The molecule has 1 aliphatic rings. The van der Waals surface area contributed by atoms with E-state index in [4.69, 9.17) is 14.6 Å². The molecule has 0 spiro atoms. The number of Topliss-reactive ketones (excluding diaryl/α,β-unsaturated/α-hetero) is 1. The molecule has 1 aliphatic heterocycles. The largest absolute Gasteiger partial charge is 0.481 e. The molecule has 1 amide bonds. The zero-order chi connectivity index (χ0) is 29.3. The van der Waals surface area contributed by atoms with Gasteiger partial charge in [0.05, 0.1) is 12.1 Å². The Morgan fingerprint density at radius 3 is 2.36 bits per heavy atom. The molecule has 0 fully saturated rings. The van der Waals surface area contributed by atoms with Crippen LogP contribution in [0.1, 0.15) is 65.2 Å². The minimum absolute atomic E-state index is 0.00491. The van der Waals surface area contributed by atoms with Crippen molar-refractivity contribution in [3.05, 3.63) is 44.8 Å². The summed E-state index contributed by atoms with van der Waals surface area (Å²) in [4.78, 5) is 74.9. The van der Waals surface area contributed by atoms with Crippen molar-refractivity contribution in [3.8, 4) is 0 Å². The van der Waals surface area contributed by atoms with E-state index in [-0.39, 0.29) is 44.1 Å². The number of hydrogen-bond donors (Lipinski definition) is 4. The topological polar surface area (TPSA) is 186 Å². The molecule has 4 atom stereocenters. The van der Waals surface area contributed by atoms with Crippen LogP contribution < -0.4 is 21.9 Å². The number of aromatic amines is 1. The van der Waals surface area contributed by atoms with Crippen molar-refractivity contribution in [3.63, 3.8) is 0 Å². The first-order valence-corrected chi connectivity index (χ1v) is 12.9. The standard InChI is InChI=1S/C26H38N4O9/c1-14(2)23(34)18(28-25(36)19(27-15(3)4)7-10-21(31)32)8-11-22(33)38-13-17-6-9-20(39-17)30-12-16(5)24(35)29-26(30)37/h6,9,12,14-15,17-20,27H,7-8,10-11,13H2,1-5H3,(H,28,36)(H,31,32)(H,29,35,37)/t17-,18?,19?,20+/m0/s1. The zero-order valence-electron chi connectivity index (χ0n) is 22.9. The van der Waals surface area contributed by atoms with Gasteiger partial charge in [-0.2, -0.15) is 0 Å². The van der Waals surface area contributed by atoms with Crippen molar-refractivity contribution in [1.82, 2.24) is 20.2 Å². The number of ether oxygens (including phenoxy) is 2. The predicted octanol–water partition coefficient (Wildman–Crippen LogP) is 0.563. The highest BCUT2D eigenvalue weighted by molar-refractivity contribution is 5.92. The highest BCUT2D eigenvalue weighted by atomic mass is 16.6. The van der Waals surface area contributed by atoms with Gasteiger partial charge in [0.15, 0.2) is 12.0 Å². The summed E-state index contributed by atoms with van der Waals surface area (Å²) in [5, 5.41) is 14.7. The minimum atomic E-state index is -1.04. The van der Waals surface area contributed by atoms with E-state index in [0.29, 0.717) is 5.56 Å². The van der Waals surface area contributed by atoms with Gasteiger partial charge in [0.1, 0.15) is 12.7 Å². The second-order valence-corrected chi connectivity index (χ2v) is 10.1. The average Bonchev–Trinajstić information content (AvgIpc) is 3.33. The maximum Gasteiger partial charge on any atom is 0.330 e.